The van der Waals surface area contributed by atoms with Crippen LogP contribution < -0.4 is 21.1 Å². The SMILES string of the molecule is C[C@@]1(O)CCC[C@H]1n1c(=O)c(C(F)F)cc2cnc(NC3CCN(S(=O)(=O)c4ccc(CN5CCN(c6ccc(C7CCC(=O)NC7=O)cc6)CC5)cc4)CC3)nc21. The van der Waals surface area contributed by atoms with Crippen LogP contribution in [-0.4, -0.2) is 100.0 Å². The van der Waals surface area contributed by atoms with Crippen molar-refractivity contribution in [1.82, 2.24) is 29.1 Å². The number of alkyl halides is 2. The number of aromatic nitrogens is 3. The number of hydrogen-bond acceptors (Lipinski definition) is 11. The molecule has 2 aromatic heterocycles. The zero-order chi connectivity index (χ0) is 40.8. The van der Waals surface area contributed by atoms with Crippen molar-refractivity contribution in [3.8, 4) is 0 Å². The van der Waals surface area contributed by atoms with E-state index in [0.717, 1.165) is 49.1 Å². The van der Waals surface area contributed by atoms with Crippen molar-refractivity contribution < 1.29 is 31.9 Å². The first kappa shape index (κ1) is 40.0. The Morgan fingerprint density at radius 3 is 2.29 bits per heavy atom. The minimum Gasteiger partial charge on any atom is -0.388 e. The van der Waals surface area contributed by atoms with Crippen LogP contribution in [0.5, 0.6) is 0 Å². The fourth-order valence-electron chi connectivity index (χ4n) is 8.88. The summed E-state index contributed by atoms with van der Waals surface area (Å²) in [6.45, 7) is 6.17. The lowest BCUT2D eigenvalue weighted by atomic mass is 9.90. The molecule has 2 aromatic carbocycles. The van der Waals surface area contributed by atoms with Crippen molar-refractivity contribution in [2.75, 3.05) is 49.5 Å². The minimum absolute atomic E-state index is 0.167. The molecule has 4 fully saturated rings. The zero-order valence-corrected chi connectivity index (χ0v) is 33.1. The normalized spacial score (nSPS) is 24.1. The highest BCUT2D eigenvalue weighted by Gasteiger charge is 2.40. The standard InChI is InChI=1S/C41H48F2N8O6S/c1-41(55)16-2-3-34(41)51-37-28(23-33(36(42)43)39(51)54)24-44-40(47-37)45-29-14-17-50(18-15-29)58(56,57)31-10-4-26(5-11-31)25-48-19-21-49(22-20-48)30-8-6-27(7-9-30)32-12-13-35(52)46-38(32)53/h4-11,23-24,29,32,34,36,55H,2-3,12-22,25H2,1H3,(H,44,45,47)(H,46,52,53)/t32?,34-,41-/m1/s1. The van der Waals surface area contributed by atoms with E-state index in [1.165, 1.54) is 15.1 Å². The lowest BCUT2D eigenvalue weighted by Gasteiger charge is -2.36. The molecule has 8 rings (SSSR count). The smallest absolute Gasteiger partial charge is 0.269 e. The molecule has 4 aliphatic rings. The summed E-state index contributed by atoms with van der Waals surface area (Å²) in [5, 5.41) is 17.0. The van der Waals surface area contributed by atoms with Gasteiger partial charge in [0.05, 0.1) is 28.0 Å². The molecule has 3 atom stereocenters. The highest BCUT2D eigenvalue weighted by atomic mass is 32.2. The molecule has 1 unspecified atom stereocenters. The van der Waals surface area contributed by atoms with Crippen molar-refractivity contribution >= 4 is 44.5 Å². The van der Waals surface area contributed by atoms with Gasteiger partial charge in [-0.2, -0.15) is 9.29 Å². The number of nitrogens with one attached hydrogen (secondary N) is 2. The maximum atomic E-state index is 13.9. The summed E-state index contributed by atoms with van der Waals surface area (Å²) < 4.78 is 57.7. The molecular formula is C41H48F2N8O6S. The molecule has 1 aliphatic carbocycles. The molecule has 0 radical (unpaired) electrons. The Hall–Kier alpha value is -4.84. The molecule has 58 heavy (non-hydrogen) atoms. The zero-order valence-electron chi connectivity index (χ0n) is 32.3. The predicted molar refractivity (Wildman–Crippen MR) is 213 cm³/mol. The second-order valence-electron chi connectivity index (χ2n) is 16.1. The number of carbonyl (C=O) groups is 2. The third-order valence-corrected chi connectivity index (χ3v) is 14.2. The van der Waals surface area contributed by atoms with Crippen LogP contribution >= 0.6 is 0 Å². The summed E-state index contributed by atoms with van der Waals surface area (Å²) in [7, 11) is -3.74. The average molecular weight is 819 g/mol. The quantitative estimate of drug-likeness (QED) is 0.195. The van der Waals surface area contributed by atoms with E-state index in [4.69, 9.17) is 0 Å². The number of fused-ring (bicyclic) bond motifs is 1. The highest BCUT2D eigenvalue weighted by molar-refractivity contribution is 7.89. The van der Waals surface area contributed by atoms with Crippen LogP contribution in [0.2, 0.25) is 0 Å². The number of halogens is 2. The first-order chi connectivity index (χ1) is 27.8. The monoisotopic (exact) mass is 818 g/mol. The van der Waals surface area contributed by atoms with E-state index < -0.39 is 39.2 Å². The van der Waals surface area contributed by atoms with E-state index in [-0.39, 0.29) is 58.7 Å². The van der Waals surface area contributed by atoms with Gasteiger partial charge in [-0.05, 0) is 86.9 Å². The molecule has 1 saturated carbocycles. The molecule has 5 heterocycles. The molecule has 3 saturated heterocycles. The van der Waals surface area contributed by atoms with Gasteiger partial charge in [-0.1, -0.05) is 24.3 Å². The lowest BCUT2D eigenvalue weighted by Crippen LogP contribution is -2.46. The Kier molecular flexibility index (Phi) is 11.1. The molecule has 0 spiro atoms. The van der Waals surface area contributed by atoms with Crippen LogP contribution in [0.25, 0.3) is 11.0 Å². The number of anilines is 2. The third kappa shape index (κ3) is 8.09. The van der Waals surface area contributed by atoms with Crippen molar-refractivity contribution in [3.05, 3.63) is 87.8 Å². The van der Waals surface area contributed by atoms with Crippen LogP contribution in [-0.2, 0) is 26.2 Å². The molecule has 17 heteroatoms. The molecular weight excluding hydrogens is 771 g/mol. The number of pyridine rings is 1. The van der Waals surface area contributed by atoms with Gasteiger partial charge in [-0.25, -0.2) is 22.2 Å². The second kappa shape index (κ2) is 16.1. The number of rotatable bonds is 10. The number of nitrogens with zero attached hydrogens (tertiary/aromatic N) is 6. The Morgan fingerprint density at radius 1 is 0.948 bits per heavy atom. The highest BCUT2D eigenvalue weighted by Crippen LogP contribution is 2.40. The van der Waals surface area contributed by atoms with E-state index in [9.17, 15) is 36.7 Å². The van der Waals surface area contributed by atoms with Gasteiger partial charge in [-0.15, -0.1) is 0 Å². The summed E-state index contributed by atoms with van der Waals surface area (Å²) in [6, 6.07) is 15.3. The number of piperidine rings is 2. The third-order valence-electron chi connectivity index (χ3n) is 12.3. The Bertz CT molecular complexity index is 2340. The summed E-state index contributed by atoms with van der Waals surface area (Å²) in [4.78, 5) is 50.9. The average Bonchev–Trinajstić information content (AvgIpc) is 3.56. The molecule has 308 valence electrons. The van der Waals surface area contributed by atoms with Crippen LogP contribution in [0.3, 0.4) is 0 Å². The van der Waals surface area contributed by atoms with Crippen LogP contribution in [0.1, 0.15) is 86.9 Å². The first-order valence-corrected chi connectivity index (χ1v) is 21.4. The molecule has 3 aliphatic heterocycles. The number of amides is 2. The number of sulfonamides is 1. The number of carbonyl (C=O) groups excluding carboxylic acids is 2. The first-order valence-electron chi connectivity index (χ1n) is 20.0. The summed E-state index contributed by atoms with van der Waals surface area (Å²) in [5.41, 5.74) is 0.388. The van der Waals surface area contributed by atoms with E-state index >= 15 is 0 Å². The predicted octanol–water partition coefficient (Wildman–Crippen LogP) is 4.31. The van der Waals surface area contributed by atoms with E-state index in [0.29, 0.717) is 51.5 Å². The number of benzene rings is 2. The van der Waals surface area contributed by atoms with Crippen molar-refractivity contribution in [2.24, 2.45) is 0 Å². The number of imide groups is 1. The van der Waals surface area contributed by atoms with E-state index in [2.05, 4.69) is 30.4 Å². The Morgan fingerprint density at radius 2 is 1.66 bits per heavy atom. The summed E-state index contributed by atoms with van der Waals surface area (Å²) in [5.74, 6) is -0.566. The van der Waals surface area contributed by atoms with E-state index in [1.807, 2.05) is 36.4 Å². The fourth-order valence-corrected chi connectivity index (χ4v) is 10.4. The number of aliphatic hydroxyl groups is 1. The van der Waals surface area contributed by atoms with Gasteiger partial charge >= 0.3 is 0 Å². The van der Waals surface area contributed by atoms with E-state index in [1.54, 1.807) is 19.1 Å². The molecule has 0 bridgehead atoms. The topological polar surface area (TPSA) is 170 Å². The lowest BCUT2D eigenvalue weighted by molar-refractivity contribution is -0.134. The van der Waals surface area contributed by atoms with Gasteiger partial charge in [-0.3, -0.25) is 29.2 Å². The molecule has 2 amide bonds. The molecule has 3 N–H and O–H groups in total. The maximum absolute atomic E-state index is 13.9. The number of hydrogen-bond donors (Lipinski definition) is 3. The van der Waals surface area contributed by atoms with Gasteiger partial charge in [0.1, 0.15) is 5.65 Å². The Balaban J connectivity index is 0.845. The Labute approximate surface area is 335 Å². The second-order valence-corrected chi connectivity index (χ2v) is 18.1. The van der Waals surface area contributed by atoms with Crippen molar-refractivity contribution in [3.63, 3.8) is 0 Å². The van der Waals surface area contributed by atoms with Gasteiger partial charge in [0, 0.05) is 75.5 Å². The minimum atomic E-state index is -3.74. The van der Waals surface area contributed by atoms with Crippen LogP contribution in [0.4, 0.5) is 20.4 Å². The fraction of sp³-hybridized carbons (Fsp3) is 0.488. The van der Waals surface area contributed by atoms with Gasteiger partial charge < -0.3 is 15.3 Å². The van der Waals surface area contributed by atoms with Crippen LogP contribution in [0.15, 0.2) is 70.5 Å². The van der Waals surface area contributed by atoms with Crippen LogP contribution in [0, 0.1) is 0 Å². The number of piperazine rings is 1. The summed E-state index contributed by atoms with van der Waals surface area (Å²) >= 11 is 0. The summed E-state index contributed by atoms with van der Waals surface area (Å²) in [6.07, 6.45) is 1.74. The van der Waals surface area contributed by atoms with Gasteiger partial charge in [0.25, 0.3) is 12.0 Å². The van der Waals surface area contributed by atoms with Gasteiger partial charge in [0.2, 0.25) is 27.8 Å². The van der Waals surface area contributed by atoms with Crippen molar-refractivity contribution in [1.29, 1.82) is 0 Å². The van der Waals surface area contributed by atoms with Crippen molar-refractivity contribution in [2.45, 2.75) is 93.3 Å². The molecule has 14 nitrogen and oxygen atoms in total. The van der Waals surface area contributed by atoms with Gasteiger partial charge in [0.15, 0.2) is 0 Å². The maximum Gasteiger partial charge on any atom is 0.269 e. The molecule has 4 aromatic rings. The largest absolute Gasteiger partial charge is 0.388 e.